The highest BCUT2D eigenvalue weighted by atomic mass is 35.5. The summed E-state index contributed by atoms with van der Waals surface area (Å²) in [6.45, 7) is 2.60. The van der Waals surface area contributed by atoms with Crippen molar-refractivity contribution >= 4 is 11.6 Å². The summed E-state index contributed by atoms with van der Waals surface area (Å²) in [7, 11) is 1.48. The fourth-order valence-electron chi connectivity index (χ4n) is 2.39. The van der Waals surface area contributed by atoms with E-state index in [0.717, 1.165) is 0 Å². The Morgan fingerprint density at radius 1 is 1.32 bits per heavy atom. The molecule has 19 heavy (non-hydrogen) atoms. The fourth-order valence-corrected chi connectivity index (χ4v) is 2.57. The van der Waals surface area contributed by atoms with Crippen LogP contribution < -0.4 is 10.1 Å². The molecule has 1 N–H and O–H groups in total. The van der Waals surface area contributed by atoms with Gasteiger partial charge in [0, 0.05) is 36.8 Å². The molecule has 0 aliphatic carbocycles. The van der Waals surface area contributed by atoms with E-state index in [9.17, 15) is 8.78 Å². The van der Waals surface area contributed by atoms with Crippen LogP contribution in [0.2, 0.25) is 5.02 Å². The molecule has 1 aromatic rings. The molecule has 0 saturated carbocycles. The monoisotopic (exact) mass is 290 g/mol. The van der Waals surface area contributed by atoms with E-state index in [1.54, 1.807) is 23.1 Å². The van der Waals surface area contributed by atoms with Gasteiger partial charge in [-0.05, 0) is 18.2 Å². The molecule has 0 radical (unpaired) electrons. The first-order valence-corrected chi connectivity index (χ1v) is 6.57. The Labute approximate surface area is 116 Å². The van der Waals surface area contributed by atoms with Crippen LogP contribution in [-0.4, -0.2) is 44.6 Å². The molecule has 2 rings (SSSR count). The lowest BCUT2D eigenvalue weighted by atomic mass is 10.0. The lowest BCUT2D eigenvalue weighted by molar-refractivity contribution is 0.0170. The zero-order valence-electron chi connectivity index (χ0n) is 10.7. The number of piperazine rings is 1. The van der Waals surface area contributed by atoms with E-state index in [1.165, 1.54) is 7.11 Å². The van der Waals surface area contributed by atoms with Gasteiger partial charge in [0.05, 0.1) is 7.11 Å². The number of rotatable bonds is 4. The minimum Gasteiger partial charge on any atom is -0.496 e. The van der Waals surface area contributed by atoms with Gasteiger partial charge in [-0.25, -0.2) is 8.78 Å². The van der Waals surface area contributed by atoms with Crippen LogP contribution in [0.1, 0.15) is 11.6 Å². The minimum absolute atomic E-state index is 0.441. The number of nitrogens with one attached hydrogen (secondary N) is 1. The van der Waals surface area contributed by atoms with E-state index in [0.29, 0.717) is 42.5 Å². The molecule has 1 fully saturated rings. The summed E-state index contributed by atoms with van der Waals surface area (Å²) in [5.41, 5.74) is 0.451. The number of nitrogens with zero attached hydrogens (tertiary/aromatic N) is 1. The molecular formula is C13H17ClF2N2O. The Morgan fingerprint density at radius 3 is 2.58 bits per heavy atom. The highest BCUT2D eigenvalue weighted by Gasteiger charge is 2.32. The molecule has 1 atom stereocenters. The molecule has 1 aromatic carbocycles. The summed E-state index contributed by atoms with van der Waals surface area (Å²) in [6, 6.07) is 3.87. The molecule has 3 nitrogen and oxygen atoms in total. The molecule has 0 bridgehead atoms. The zero-order valence-corrected chi connectivity index (χ0v) is 11.5. The predicted octanol–water partition coefficient (Wildman–Crippen LogP) is 2.56. The topological polar surface area (TPSA) is 24.5 Å². The third-order valence-electron chi connectivity index (χ3n) is 3.29. The van der Waals surface area contributed by atoms with Crippen LogP contribution in [0.4, 0.5) is 8.78 Å². The molecular weight excluding hydrogens is 274 g/mol. The molecule has 0 aromatic heterocycles. The first-order chi connectivity index (χ1) is 9.13. The summed E-state index contributed by atoms with van der Waals surface area (Å²) < 4.78 is 32.1. The minimum atomic E-state index is -2.48. The van der Waals surface area contributed by atoms with Crippen LogP contribution in [-0.2, 0) is 0 Å². The van der Waals surface area contributed by atoms with Gasteiger partial charge in [-0.2, -0.15) is 0 Å². The average Bonchev–Trinajstić information content (AvgIpc) is 2.40. The number of ether oxygens (including phenoxy) is 1. The van der Waals surface area contributed by atoms with Gasteiger partial charge in [0.15, 0.2) is 0 Å². The maximum absolute atomic E-state index is 13.5. The first kappa shape index (κ1) is 14.5. The summed E-state index contributed by atoms with van der Waals surface area (Å²) in [5.74, 6) is 0.452. The smallest absolute Gasteiger partial charge is 0.258 e. The van der Waals surface area contributed by atoms with E-state index < -0.39 is 12.5 Å². The van der Waals surface area contributed by atoms with E-state index in [2.05, 4.69) is 5.32 Å². The van der Waals surface area contributed by atoms with Gasteiger partial charge in [0.1, 0.15) is 11.8 Å². The second-order valence-electron chi connectivity index (χ2n) is 4.45. The third kappa shape index (κ3) is 3.35. The number of benzene rings is 1. The van der Waals surface area contributed by atoms with Gasteiger partial charge in [-0.1, -0.05) is 11.6 Å². The number of methoxy groups -OCH3 is 1. The van der Waals surface area contributed by atoms with Gasteiger partial charge >= 0.3 is 0 Å². The average molecular weight is 291 g/mol. The number of hydrogen-bond acceptors (Lipinski definition) is 3. The van der Waals surface area contributed by atoms with Crippen molar-refractivity contribution in [3.05, 3.63) is 28.8 Å². The first-order valence-electron chi connectivity index (χ1n) is 6.20. The van der Waals surface area contributed by atoms with Crippen molar-refractivity contribution in [1.82, 2.24) is 10.2 Å². The van der Waals surface area contributed by atoms with Crippen LogP contribution in [0.5, 0.6) is 5.75 Å². The standard InChI is InChI=1S/C13H17ClF2N2O/c1-19-11-3-2-9(14)8-10(11)12(13(15)16)18-6-4-17-5-7-18/h2-3,8,12-13,17H,4-7H2,1H3/t12-/m1/s1. The quantitative estimate of drug-likeness (QED) is 0.922. The highest BCUT2D eigenvalue weighted by molar-refractivity contribution is 6.30. The number of alkyl halides is 2. The van der Waals surface area contributed by atoms with Crippen LogP contribution in [0.15, 0.2) is 18.2 Å². The molecule has 1 saturated heterocycles. The Kier molecular flexibility index (Phi) is 4.96. The van der Waals surface area contributed by atoms with E-state index in [1.807, 2.05) is 0 Å². The molecule has 1 aliphatic heterocycles. The van der Waals surface area contributed by atoms with Crippen LogP contribution in [0.3, 0.4) is 0 Å². The summed E-state index contributed by atoms with van der Waals surface area (Å²) in [6.07, 6.45) is -2.48. The Hall–Kier alpha value is -0.910. The molecule has 6 heteroatoms. The largest absolute Gasteiger partial charge is 0.496 e. The van der Waals surface area contributed by atoms with Crippen molar-refractivity contribution in [2.45, 2.75) is 12.5 Å². The normalized spacial score (nSPS) is 18.6. The molecule has 1 aliphatic rings. The van der Waals surface area contributed by atoms with Gasteiger partial charge < -0.3 is 10.1 Å². The lowest BCUT2D eigenvalue weighted by Gasteiger charge is -2.35. The van der Waals surface area contributed by atoms with E-state index >= 15 is 0 Å². The Bertz CT molecular complexity index is 425. The summed E-state index contributed by atoms with van der Waals surface area (Å²) >= 11 is 5.93. The fraction of sp³-hybridized carbons (Fsp3) is 0.538. The van der Waals surface area contributed by atoms with Crippen molar-refractivity contribution in [2.24, 2.45) is 0 Å². The number of hydrogen-bond donors (Lipinski definition) is 1. The van der Waals surface area contributed by atoms with Crippen LogP contribution in [0.25, 0.3) is 0 Å². The number of halogens is 3. The van der Waals surface area contributed by atoms with Crippen LogP contribution >= 0.6 is 11.6 Å². The third-order valence-corrected chi connectivity index (χ3v) is 3.53. The van der Waals surface area contributed by atoms with Gasteiger partial charge in [-0.3, -0.25) is 4.90 Å². The maximum atomic E-state index is 13.5. The van der Waals surface area contributed by atoms with Gasteiger partial charge in [0.25, 0.3) is 6.43 Å². The van der Waals surface area contributed by atoms with Crippen molar-refractivity contribution in [2.75, 3.05) is 33.3 Å². The Morgan fingerprint density at radius 2 is 2.00 bits per heavy atom. The van der Waals surface area contributed by atoms with E-state index in [-0.39, 0.29) is 0 Å². The second-order valence-corrected chi connectivity index (χ2v) is 4.89. The zero-order chi connectivity index (χ0) is 13.8. The summed E-state index contributed by atoms with van der Waals surface area (Å²) in [5, 5.41) is 3.60. The molecule has 0 unspecified atom stereocenters. The van der Waals surface area contributed by atoms with Crippen molar-refractivity contribution < 1.29 is 13.5 Å². The van der Waals surface area contributed by atoms with E-state index in [4.69, 9.17) is 16.3 Å². The van der Waals surface area contributed by atoms with Crippen molar-refractivity contribution in [3.8, 4) is 5.75 Å². The maximum Gasteiger partial charge on any atom is 0.258 e. The summed E-state index contributed by atoms with van der Waals surface area (Å²) in [4.78, 5) is 1.77. The molecule has 0 amide bonds. The predicted molar refractivity (Wildman–Crippen MR) is 71.2 cm³/mol. The molecule has 0 spiro atoms. The van der Waals surface area contributed by atoms with Crippen molar-refractivity contribution in [1.29, 1.82) is 0 Å². The highest BCUT2D eigenvalue weighted by Crippen LogP contribution is 2.35. The molecule has 1 heterocycles. The van der Waals surface area contributed by atoms with Gasteiger partial charge in [-0.15, -0.1) is 0 Å². The molecule has 106 valence electrons. The van der Waals surface area contributed by atoms with Crippen LogP contribution in [0, 0.1) is 0 Å². The SMILES string of the molecule is COc1ccc(Cl)cc1[C@H](C(F)F)N1CCNCC1. The second kappa shape index (κ2) is 6.50. The van der Waals surface area contributed by atoms with Crippen molar-refractivity contribution in [3.63, 3.8) is 0 Å². The lowest BCUT2D eigenvalue weighted by Crippen LogP contribution is -2.47. The Balaban J connectivity index is 2.34. The van der Waals surface area contributed by atoms with Gasteiger partial charge in [0.2, 0.25) is 0 Å².